The summed E-state index contributed by atoms with van der Waals surface area (Å²) in [6.07, 6.45) is 3.50. The summed E-state index contributed by atoms with van der Waals surface area (Å²) in [5, 5.41) is 17.1. The summed E-state index contributed by atoms with van der Waals surface area (Å²) in [6.45, 7) is 1.96. The van der Waals surface area contributed by atoms with Crippen molar-refractivity contribution < 1.29 is 4.92 Å². The van der Waals surface area contributed by atoms with Crippen LogP contribution in [0.5, 0.6) is 0 Å². The number of nitrogens with zero attached hydrogens (tertiary/aromatic N) is 2. The predicted octanol–water partition coefficient (Wildman–Crippen LogP) is 1.15. The van der Waals surface area contributed by atoms with Crippen LogP contribution in [0.1, 0.15) is 12.8 Å². The van der Waals surface area contributed by atoms with Gasteiger partial charge in [-0.3, -0.25) is 10.1 Å². The van der Waals surface area contributed by atoms with E-state index in [1.54, 1.807) is 0 Å². The summed E-state index contributed by atoms with van der Waals surface area (Å²) in [6, 6.07) is 3.23. The van der Waals surface area contributed by atoms with Crippen LogP contribution in [0.4, 0.5) is 11.5 Å². The zero-order valence-corrected chi connectivity index (χ0v) is 8.85. The van der Waals surface area contributed by atoms with Crippen LogP contribution in [0.25, 0.3) is 0 Å². The number of nitro groups is 1. The van der Waals surface area contributed by atoms with Gasteiger partial charge in [0, 0.05) is 18.3 Å². The molecule has 1 aromatic rings. The summed E-state index contributed by atoms with van der Waals surface area (Å²) in [7, 11) is 0. The molecule has 1 aliphatic rings. The van der Waals surface area contributed by atoms with Crippen molar-refractivity contribution in [3.05, 3.63) is 28.4 Å². The molecule has 2 rings (SSSR count). The molecule has 0 radical (unpaired) electrons. The van der Waals surface area contributed by atoms with Crippen molar-refractivity contribution in [1.29, 1.82) is 0 Å². The highest BCUT2D eigenvalue weighted by molar-refractivity contribution is 5.44. The van der Waals surface area contributed by atoms with E-state index in [1.165, 1.54) is 18.3 Å². The predicted molar refractivity (Wildman–Crippen MR) is 60.4 cm³/mol. The Bertz CT molecular complexity index is 377. The number of aromatic nitrogens is 1. The molecule has 1 saturated heterocycles. The zero-order chi connectivity index (χ0) is 11.4. The van der Waals surface area contributed by atoms with Gasteiger partial charge in [-0.25, -0.2) is 4.98 Å². The van der Waals surface area contributed by atoms with Crippen LogP contribution in [0.15, 0.2) is 18.3 Å². The first-order chi connectivity index (χ1) is 7.75. The molecule has 16 heavy (non-hydrogen) atoms. The quantitative estimate of drug-likeness (QED) is 0.592. The maximum atomic E-state index is 10.6. The number of pyridine rings is 1. The van der Waals surface area contributed by atoms with Crippen LogP contribution >= 0.6 is 0 Å². The molecule has 0 amide bonds. The minimum Gasteiger partial charge on any atom is -0.367 e. The SMILES string of the molecule is O=[N+]([O-])c1ccnc(NC2CCNCC2)c1. The van der Waals surface area contributed by atoms with Crippen LogP contribution in [0, 0.1) is 10.1 Å². The summed E-state index contributed by atoms with van der Waals surface area (Å²) >= 11 is 0. The van der Waals surface area contributed by atoms with Gasteiger partial charge in [0.25, 0.3) is 5.69 Å². The van der Waals surface area contributed by atoms with Crippen molar-refractivity contribution in [3.63, 3.8) is 0 Å². The van der Waals surface area contributed by atoms with Gasteiger partial charge in [0.1, 0.15) is 5.82 Å². The summed E-state index contributed by atoms with van der Waals surface area (Å²) in [4.78, 5) is 14.3. The van der Waals surface area contributed by atoms with E-state index < -0.39 is 4.92 Å². The number of hydrogen-bond donors (Lipinski definition) is 2. The minimum atomic E-state index is -0.407. The molecular formula is C10H14N4O2. The average molecular weight is 222 g/mol. The first-order valence-corrected chi connectivity index (χ1v) is 5.33. The van der Waals surface area contributed by atoms with Crippen molar-refractivity contribution in [2.75, 3.05) is 18.4 Å². The lowest BCUT2D eigenvalue weighted by Gasteiger charge is -2.23. The third-order valence-electron chi connectivity index (χ3n) is 2.65. The Balaban J connectivity index is 2.02. The summed E-state index contributed by atoms with van der Waals surface area (Å²) in [5.74, 6) is 0.584. The number of anilines is 1. The molecule has 1 fully saturated rings. The lowest BCUT2D eigenvalue weighted by molar-refractivity contribution is -0.384. The summed E-state index contributed by atoms with van der Waals surface area (Å²) < 4.78 is 0. The Morgan fingerprint density at radius 3 is 2.94 bits per heavy atom. The molecule has 6 heteroatoms. The van der Waals surface area contributed by atoms with Crippen molar-refractivity contribution >= 4 is 11.5 Å². The minimum absolute atomic E-state index is 0.0754. The highest BCUT2D eigenvalue weighted by Gasteiger charge is 2.14. The largest absolute Gasteiger partial charge is 0.367 e. The lowest BCUT2D eigenvalue weighted by atomic mass is 10.1. The molecule has 2 heterocycles. The van der Waals surface area contributed by atoms with Gasteiger partial charge >= 0.3 is 0 Å². The van der Waals surface area contributed by atoms with Gasteiger partial charge in [-0.05, 0) is 25.9 Å². The van der Waals surface area contributed by atoms with Gasteiger partial charge in [0.2, 0.25) is 0 Å². The first kappa shape index (κ1) is 10.8. The smallest absolute Gasteiger partial charge is 0.274 e. The standard InChI is InChI=1S/C10H14N4O2/c15-14(16)9-3-6-12-10(7-9)13-8-1-4-11-5-2-8/h3,6-8,11H,1-2,4-5H2,(H,12,13). The molecule has 0 spiro atoms. The topological polar surface area (TPSA) is 80.1 Å². The van der Waals surface area contributed by atoms with E-state index in [0.29, 0.717) is 11.9 Å². The van der Waals surface area contributed by atoms with Crippen LogP contribution in [0.2, 0.25) is 0 Å². The molecule has 0 atom stereocenters. The average Bonchev–Trinajstić information content (AvgIpc) is 2.30. The second-order valence-corrected chi connectivity index (χ2v) is 3.83. The molecule has 0 unspecified atom stereocenters. The number of rotatable bonds is 3. The third kappa shape index (κ3) is 2.66. The van der Waals surface area contributed by atoms with Crippen molar-refractivity contribution in [2.45, 2.75) is 18.9 Å². The second-order valence-electron chi connectivity index (χ2n) is 3.83. The molecule has 1 aromatic heterocycles. The normalized spacial score (nSPS) is 17.0. The molecular weight excluding hydrogens is 208 g/mol. The van der Waals surface area contributed by atoms with E-state index in [1.807, 2.05) is 0 Å². The van der Waals surface area contributed by atoms with Crippen LogP contribution in [-0.4, -0.2) is 29.0 Å². The van der Waals surface area contributed by atoms with Gasteiger partial charge < -0.3 is 10.6 Å². The molecule has 0 bridgehead atoms. The van der Waals surface area contributed by atoms with Crippen LogP contribution < -0.4 is 10.6 Å². The van der Waals surface area contributed by atoms with E-state index in [4.69, 9.17) is 0 Å². The molecule has 2 N–H and O–H groups in total. The maximum absolute atomic E-state index is 10.6. The van der Waals surface area contributed by atoms with E-state index in [0.717, 1.165) is 25.9 Å². The Labute approximate surface area is 93.2 Å². The lowest BCUT2D eigenvalue weighted by Crippen LogP contribution is -2.35. The Morgan fingerprint density at radius 2 is 2.25 bits per heavy atom. The number of hydrogen-bond acceptors (Lipinski definition) is 5. The van der Waals surface area contributed by atoms with Gasteiger partial charge in [0.05, 0.1) is 11.0 Å². The zero-order valence-electron chi connectivity index (χ0n) is 8.85. The van der Waals surface area contributed by atoms with E-state index in [-0.39, 0.29) is 5.69 Å². The fourth-order valence-corrected chi connectivity index (χ4v) is 1.79. The van der Waals surface area contributed by atoms with Crippen molar-refractivity contribution in [1.82, 2.24) is 10.3 Å². The number of nitrogens with one attached hydrogen (secondary N) is 2. The maximum Gasteiger partial charge on any atom is 0.274 e. The van der Waals surface area contributed by atoms with Gasteiger partial charge in [0.15, 0.2) is 0 Å². The molecule has 6 nitrogen and oxygen atoms in total. The van der Waals surface area contributed by atoms with E-state index >= 15 is 0 Å². The van der Waals surface area contributed by atoms with Crippen molar-refractivity contribution in [2.24, 2.45) is 0 Å². The van der Waals surface area contributed by atoms with E-state index in [9.17, 15) is 10.1 Å². The monoisotopic (exact) mass is 222 g/mol. The fraction of sp³-hybridized carbons (Fsp3) is 0.500. The van der Waals surface area contributed by atoms with Crippen molar-refractivity contribution in [3.8, 4) is 0 Å². The Kier molecular flexibility index (Phi) is 3.31. The van der Waals surface area contributed by atoms with Gasteiger partial charge in [-0.15, -0.1) is 0 Å². The third-order valence-corrected chi connectivity index (χ3v) is 2.65. The van der Waals surface area contributed by atoms with E-state index in [2.05, 4.69) is 15.6 Å². The Morgan fingerprint density at radius 1 is 1.50 bits per heavy atom. The molecule has 0 aliphatic carbocycles. The molecule has 86 valence electrons. The summed E-state index contributed by atoms with van der Waals surface area (Å²) in [5.41, 5.74) is 0.0754. The van der Waals surface area contributed by atoms with Crippen LogP contribution in [-0.2, 0) is 0 Å². The Hall–Kier alpha value is -1.69. The fourth-order valence-electron chi connectivity index (χ4n) is 1.79. The van der Waals surface area contributed by atoms with Crippen LogP contribution in [0.3, 0.4) is 0 Å². The second kappa shape index (κ2) is 4.89. The first-order valence-electron chi connectivity index (χ1n) is 5.33. The van der Waals surface area contributed by atoms with Gasteiger partial charge in [-0.1, -0.05) is 0 Å². The molecule has 0 aromatic carbocycles. The highest BCUT2D eigenvalue weighted by Crippen LogP contribution is 2.16. The highest BCUT2D eigenvalue weighted by atomic mass is 16.6. The molecule has 0 saturated carbocycles. The number of piperidine rings is 1. The molecule has 1 aliphatic heterocycles. The van der Waals surface area contributed by atoms with Gasteiger partial charge in [-0.2, -0.15) is 0 Å².